The monoisotopic (exact) mass is 276 g/mol. The highest BCUT2D eigenvalue weighted by molar-refractivity contribution is 6.28. The zero-order valence-corrected chi connectivity index (χ0v) is 10.9. The van der Waals surface area contributed by atoms with Crippen LogP contribution in [-0.4, -0.2) is 5.91 Å². The number of nitrogens with two attached hydrogens (primary N) is 1. The van der Waals surface area contributed by atoms with Gasteiger partial charge in [-0.15, -0.1) is 0 Å². The van der Waals surface area contributed by atoms with Crippen LogP contribution in [0.25, 0.3) is 0 Å². The van der Waals surface area contributed by atoms with Gasteiger partial charge in [0.1, 0.15) is 5.76 Å². The number of benzene rings is 1. The van der Waals surface area contributed by atoms with E-state index >= 15 is 0 Å². The van der Waals surface area contributed by atoms with Crippen LogP contribution in [0, 0.1) is 0 Å². The second-order valence-electron chi connectivity index (χ2n) is 4.58. The molecule has 3 N–H and O–H groups in total. The van der Waals surface area contributed by atoms with E-state index in [-0.39, 0.29) is 11.9 Å². The molecule has 0 aliphatic carbocycles. The number of carbonyl (C=O) groups excluding carboxylic acids is 1. The lowest BCUT2D eigenvalue weighted by Crippen LogP contribution is -2.20. The molecule has 1 aromatic heterocycles. The molecule has 3 rings (SSSR count). The molecule has 1 aliphatic rings. The second-order valence-corrected chi connectivity index (χ2v) is 4.96. The Morgan fingerprint density at radius 3 is 2.84 bits per heavy atom. The molecule has 0 spiro atoms. The van der Waals surface area contributed by atoms with Crippen LogP contribution in [0.2, 0.25) is 5.22 Å². The molecule has 1 unspecified atom stereocenters. The Morgan fingerprint density at radius 1 is 1.26 bits per heavy atom. The molecule has 1 amide bonds. The first kappa shape index (κ1) is 12.3. The SMILES string of the molecule is NC(c1ccc2c(c1)CCC(=O)N2)c1ccc(Cl)o1. The van der Waals surface area contributed by atoms with E-state index in [0.29, 0.717) is 17.4 Å². The van der Waals surface area contributed by atoms with E-state index < -0.39 is 0 Å². The Bertz CT molecular complexity index is 636. The first-order chi connectivity index (χ1) is 9.13. The summed E-state index contributed by atoms with van der Waals surface area (Å²) in [5.74, 6) is 0.687. The van der Waals surface area contributed by atoms with Crippen molar-refractivity contribution in [3.8, 4) is 0 Å². The van der Waals surface area contributed by atoms with E-state index in [9.17, 15) is 4.79 Å². The number of carbonyl (C=O) groups is 1. The third kappa shape index (κ3) is 2.37. The topological polar surface area (TPSA) is 68.3 Å². The molecule has 1 atom stereocenters. The van der Waals surface area contributed by atoms with Crippen LogP contribution in [0.4, 0.5) is 5.69 Å². The number of hydrogen-bond acceptors (Lipinski definition) is 3. The predicted octanol–water partition coefficient (Wildman–Crippen LogP) is 2.87. The Labute approximate surface area is 115 Å². The second kappa shape index (κ2) is 4.72. The molecule has 0 radical (unpaired) electrons. The molecule has 0 bridgehead atoms. The Hall–Kier alpha value is -1.78. The number of fused-ring (bicyclic) bond motifs is 1. The first-order valence-electron chi connectivity index (χ1n) is 6.07. The lowest BCUT2D eigenvalue weighted by atomic mass is 9.97. The minimum atomic E-state index is -0.351. The number of aryl methyl sites for hydroxylation is 1. The molecule has 0 fully saturated rings. The highest BCUT2D eigenvalue weighted by Gasteiger charge is 2.18. The van der Waals surface area contributed by atoms with Crippen LogP contribution in [0.5, 0.6) is 0 Å². The van der Waals surface area contributed by atoms with Crippen LogP contribution in [0.1, 0.15) is 29.3 Å². The van der Waals surface area contributed by atoms with Gasteiger partial charge in [-0.2, -0.15) is 0 Å². The van der Waals surface area contributed by atoms with E-state index in [2.05, 4.69) is 5.32 Å². The zero-order chi connectivity index (χ0) is 13.4. The van der Waals surface area contributed by atoms with Gasteiger partial charge in [0.15, 0.2) is 5.22 Å². The number of nitrogens with one attached hydrogen (secondary N) is 1. The molecule has 4 nitrogen and oxygen atoms in total. The maximum atomic E-state index is 11.3. The molecular weight excluding hydrogens is 264 g/mol. The van der Waals surface area contributed by atoms with Crippen molar-refractivity contribution in [2.45, 2.75) is 18.9 Å². The zero-order valence-electron chi connectivity index (χ0n) is 10.2. The summed E-state index contributed by atoms with van der Waals surface area (Å²) >= 11 is 5.75. The van der Waals surface area contributed by atoms with Gasteiger partial charge in [0, 0.05) is 12.1 Å². The third-order valence-electron chi connectivity index (χ3n) is 3.28. The molecular formula is C14H13ClN2O2. The van der Waals surface area contributed by atoms with Gasteiger partial charge in [0.25, 0.3) is 0 Å². The lowest BCUT2D eigenvalue weighted by molar-refractivity contribution is -0.116. The van der Waals surface area contributed by atoms with Gasteiger partial charge < -0.3 is 15.5 Å². The van der Waals surface area contributed by atoms with Crippen LogP contribution >= 0.6 is 11.6 Å². The lowest BCUT2D eigenvalue weighted by Gasteiger charge is -2.19. The van der Waals surface area contributed by atoms with Crippen molar-refractivity contribution in [2.24, 2.45) is 5.73 Å². The van der Waals surface area contributed by atoms with Crippen LogP contribution in [0.15, 0.2) is 34.7 Å². The van der Waals surface area contributed by atoms with Gasteiger partial charge in [-0.1, -0.05) is 12.1 Å². The molecule has 1 aromatic carbocycles. The largest absolute Gasteiger partial charge is 0.448 e. The van der Waals surface area contributed by atoms with E-state index in [0.717, 1.165) is 23.2 Å². The molecule has 2 heterocycles. The van der Waals surface area contributed by atoms with E-state index in [1.54, 1.807) is 12.1 Å². The summed E-state index contributed by atoms with van der Waals surface area (Å²) in [6.45, 7) is 0. The molecule has 5 heteroatoms. The van der Waals surface area contributed by atoms with Crippen molar-refractivity contribution in [3.63, 3.8) is 0 Å². The van der Waals surface area contributed by atoms with Crippen LogP contribution in [0.3, 0.4) is 0 Å². The highest BCUT2D eigenvalue weighted by Crippen LogP contribution is 2.29. The van der Waals surface area contributed by atoms with Gasteiger partial charge in [-0.25, -0.2) is 0 Å². The molecule has 0 saturated carbocycles. The molecule has 98 valence electrons. The van der Waals surface area contributed by atoms with Crippen molar-refractivity contribution < 1.29 is 9.21 Å². The van der Waals surface area contributed by atoms with Crippen molar-refractivity contribution >= 4 is 23.2 Å². The summed E-state index contributed by atoms with van der Waals surface area (Å²) in [5.41, 5.74) is 9.06. The molecule has 2 aromatic rings. The number of rotatable bonds is 2. The summed E-state index contributed by atoms with van der Waals surface area (Å²) in [7, 11) is 0. The van der Waals surface area contributed by atoms with E-state index in [4.69, 9.17) is 21.8 Å². The number of hydrogen-bond donors (Lipinski definition) is 2. The Morgan fingerprint density at radius 2 is 2.11 bits per heavy atom. The Balaban J connectivity index is 1.92. The smallest absolute Gasteiger partial charge is 0.224 e. The van der Waals surface area contributed by atoms with Gasteiger partial charge >= 0.3 is 0 Å². The van der Waals surface area contributed by atoms with Gasteiger partial charge in [-0.3, -0.25) is 4.79 Å². The van der Waals surface area contributed by atoms with Gasteiger partial charge in [0.05, 0.1) is 6.04 Å². The summed E-state index contributed by atoms with van der Waals surface area (Å²) in [5, 5.41) is 3.17. The molecule has 0 saturated heterocycles. The maximum Gasteiger partial charge on any atom is 0.224 e. The average molecular weight is 277 g/mol. The van der Waals surface area contributed by atoms with Crippen LogP contribution < -0.4 is 11.1 Å². The van der Waals surface area contributed by atoms with E-state index in [1.165, 1.54) is 0 Å². The molecule has 19 heavy (non-hydrogen) atoms. The highest BCUT2D eigenvalue weighted by atomic mass is 35.5. The fourth-order valence-electron chi connectivity index (χ4n) is 2.26. The summed E-state index contributed by atoms with van der Waals surface area (Å²) in [4.78, 5) is 11.3. The van der Waals surface area contributed by atoms with E-state index in [1.807, 2.05) is 18.2 Å². The number of amides is 1. The first-order valence-corrected chi connectivity index (χ1v) is 6.45. The summed E-state index contributed by atoms with van der Waals surface area (Å²) in [6.07, 6.45) is 1.25. The molecule has 1 aliphatic heterocycles. The average Bonchev–Trinajstić information content (AvgIpc) is 2.84. The Kier molecular flexibility index (Phi) is 3.05. The van der Waals surface area contributed by atoms with Crippen LogP contribution in [-0.2, 0) is 11.2 Å². The van der Waals surface area contributed by atoms with Crippen molar-refractivity contribution in [1.29, 1.82) is 0 Å². The van der Waals surface area contributed by atoms with Crippen molar-refractivity contribution in [3.05, 3.63) is 52.4 Å². The van der Waals surface area contributed by atoms with Crippen molar-refractivity contribution in [1.82, 2.24) is 0 Å². The minimum absolute atomic E-state index is 0.0577. The number of anilines is 1. The predicted molar refractivity (Wildman–Crippen MR) is 73.1 cm³/mol. The van der Waals surface area contributed by atoms with Gasteiger partial charge in [0.2, 0.25) is 5.91 Å². The standard InChI is InChI=1S/C14H13ClN2O2/c15-12-5-4-11(19-12)14(16)9-1-3-10-8(7-9)2-6-13(18)17-10/h1,3-5,7,14H,2,6,16H2,(H,17,18). The number of halogens is 1. The third-order valence-corrected chi connectivity index (χ3v) is 3.49. The fraction of sp³-hybridized carbons (Fsp3) is 0.214. The number of furan rings is 1. The maximum absolute atomic E-state index is 11.3. The normalized spacial score (nSPS) is 15.8. The minimum Gasteiger partial charge on any atom is -0.448 e. The quantitative estimate of drug-likeness (QED) is 0.886. The van der Waals surface area contributed by atoms with Crippen molar-refractivity contribution in [2.75, 3.05) is 5.32 Å². The van der Waals surface area contributed by atoms with Gasteiger partial charge in [-0.05, 0) is 47.3 Å². The summed E-state index contributed by atoms with van der Waals surface area (Å²) in [6, 6.07) is 8.88. The summed E-state index contributed by atoms with van der Waals surface area (Å²) < 4.78 is 5.33. The fourth-order valence-corrected chi connectivity index (χ4v) is 2.41.